The van der Waals surface area contributed by atoms with Crippen molar-refractivity contribution in [1.82, 2.24) is 19.8 Å². The van der Waals surface area contributed by atoms with Crippen LogP contribution in [0.25, 0.3) is 11.0 Å². The smallest absolute Gasteiger partial charge is 0.240 e. The lowest BCUT2D eigenvalue weighted by atomic mass is 9.95. The Bertz CT molecular complexity index is 1310. The number of para-hydroxylation sites is 1. The van der Waals surface area contributed by atoms with E-state index in [0.717, 1.165) is 49.0 Å². The molecule has 2 fully saturated rings. The second-order valence-electron chi connectivity index (χ2n) is 10.6. The minimum absolute atomic E-state index is 0.0510. The second-order valence-corrected chi connectivity index (χ2v) is 10.6. The quantitative estimate of drug-likeness (QED) is 0.496. The molecule has 2 aliphatic rings. The van der Waals surface area contributed by atoms with Gasteiger partial charge in [0.25, 0.3) is 0 Å². The fourth-order valence-corrected chi connectivity index (χ4v) is 6.33. The average molecular weight is 506 g/mol. The first-order valence-corrected chi connectivity index (χ1v) is 13.3. The number of carbonyl (C=O) groups is 2. The maximum atomic E-state index is 14.4. The van der Waals surface area contributed by atoms with Gasteiger partial charge in [-0.3, -0.25) is 9.59 Å². The molecular formula is C29H36FN5O2. The molecule has 2 aromatic carbocycles. The molecule has 196 valence electrons. The largest absolute Gasteiger partial charge is 0.365 e. The molecule has 1 aromatic heterocycles. The van der Waals surface area contributed by atoms with Gasteiger partial charge in [0.2, 0.25) is 11.8 Å². The zero-order chi connectivity index (χ0) is 26.3. The number of fused-ring (bicyclic) bond motifs is 3. The molecular weight excluding hydrogens is 469 g/mol. The third kappa shape index (κ3) is 4.81. The predicted molar refractivity (Wildman–Crippen MR) is 143 cm³/mol. The Kier molecular flexibility index (Phi) is 6.92. The normalized spacial score (nSPS) is 21.8. The summed E-state index contributed by atoms with van der Waals surface area (Å²) >= 11 is 0. The van der Waals surface area contributed by atoms with Gasteiger partial charge in [-0.15, -0.1) is 0 Å². The zero-order valence-corrected chi connectivity index (χ0v) is 22.1. The summed E-state index contributed by atoms with van der Waals surface area (Å²) in [6, 6.07) is 14.7. The van der Waals surface area contributed by atoms with Crippen LogP contribution in [0.1, 0.15) is 69.4 Å². The second kappa shape index (κ2) is 10.1. The molecule has 1 N–H and O–H groups in total. The van der Waals surface area contributed by atoms with E-state index in [2.05, 4.69) is 51.0 Å². The number of benzene rings is 2. The highest BCUT2D eigenvalue weighted by atomic mass is 19.1. The van der Waals surface area contributed by atoms with Crippen molar-refractivity contribution < 1.29 is 14.0 Å². The van der Waals surface area contributed by atoms with Crippen LogP contribution in [0.5, 0.6) is 0 Å². The molecule has 2 amide bonds. The molecule has 4 atom stereocenters. The monoisotopic (exact) mass is 505 g/mol. The standard InChI is InChI=1S/C29H36FN5O2/c1-5-26(32-28(37)17-33(4)19(3)36)20-8-6-9-21(14-20)35-22-12-13-23(35)16-24(15-22)34-18(2)31-29-25(30)10-7-11-27(29)34/h6-11,14,22-24,26H,5,12-13,15-17H2,1-4H3,(H,32,37)/t22-,23+,24-,26-/m0/s1. The van der Waals surface area contributed by atoms with E-state index in [1.54, 1.807) is 13.1 Å². The van der Waals surface area contributed by atoms with Gasteiger partial charge in [-0.05, 0) is 68.9 Å². The van der Waals surface area contributed by atoms with E-state index in [0.29, 0.717) is 23.6 Å². The number of rotatable bonds is 7. The minimum Gasteiger partial charge on any atom is -0.365 e. The average Bonchev–Trinajstić information content (AvgIpc) is 3.35. The van der Waals surface area contributed by atoms with Gasteiger partial charge in [-0.25, -0.2) is 9.37 Å². The van der Waals surface area contributed by atoms with E-state index in [-0.39, 0.29) is 30.2 Å². The number of carbonyl (C=O) groups excluding carboxylic acids is 2. The van der Waals surface area contributed by atoms with Gasteiger partial charge >= 0.3 is 0 Å². The lowest BCUT2D eigenvalue weighted by molar-refractivity contribution is -0.133. The van der Waals surface area contributed by atoms with Crippen molar-refractivity contribution in [2.75, 3.05) is 18.5 Å². The van der Waals surface area contributed by atoms with Gasteiger partial charge in [0, 0.05) is 37.8 Å². The molecule has 7 nitrogen and oxygen atoms in total. The molecule has 2 aliphatic heterocycles. The summed E-state index contributed by atoms with van der Waals surface area (Å²) in [6.45, 7) is 5.54. The number of nitrogens with one attached hydrogen (secondary N) is 1. The Labute approximate surface area is 217 Å². The van der Waals surface area contributed by atoms with Crippen LogP contribution in [-0.4, -0.2) is 51.9 Å². The first-order valence-electron chi connectivity index (χ1n) is 13.3. The SMILES string of the molecule is CC[C@H](NC(=O)CN(C)C(C)=O)c1cccc(N2[C@@H]3CC[C@H]2C[C@H](n2c(C)nc4c(F)cccc42)C3)c1. The third-order valence-corrected chi connectivity index (χ3v) is 8.15. The van der Waals surface area contributed by atoms with Gasteiger partial charge in [-0.2, -0.15) is 0 Å². The van der Waals surface area contributed by atoms with E-state index in [1.165, 1.54) is 23.6 Å². The molecule has 3 heterocycles. The van der Waals surface area contributed by atoms with Crippen molar-refractivity contribution in [3.8, 4) is 0 Å². The number of piperidine rings is 1. The van der Waals surface area contributed by atoms with E-state index in [9.17, 15) is 14.0 Å². The fraction of sp³-hybridized carbons (Fsp3) is 0.483. The third-order valence-electron chi connectivity index (χ3n) is 8.15. The van der Waals surface area contributed by atoms with Crippen LogP contribution in [-0.2, 0) is 9.59 Å². The topological polar surface area (TPSA) is 70.5 Å². The lowest BCUT2D eigenvalue weighted by Gasteiger charge is -2.41. The molecule has 0 unspecified atom stereocenters. The molecule has 0 radical (unpaired) electrons. The maximum absolute atomic E-state index is 14.4. The predicted octanol–water partition coefficient (Wildman–Crippen LogP) is 4.90. The highest BCUT2D eigenvalue weighted by Crippen LogP contribution is 2.45. The Morgan fingerprint density at radius 1 is 1.14 bits per heavy atom. The molecule has 37 heavy (non-hydrogen) atoms. The lowest BCUT2D eigenvalue weighted by Crippen LogP contribution is -2.43. The van der Waals surface area contributed by atoms with Crippen molar-refractivity contribution >= 4 is 28.5 Å². The summed E-state index contributed by atoms with van der Waals surface area (Å²) in [5, 5.41) is 3.10. The van der Waals surface area contributed by atoms with Crippen LogP contribution in [0, 0.1) is 12.7 Å². The van der Waals surface area contributed by atoms with Crippen molar-refractivity contribution in [1.29, 1.82) is 0 Å². The number of likely N-dealkylation sites (N-methyl/N-ethyl adjacent to an activating group) is 1. The molecule has 0 saturated carbocycles. The summed E-state index contributed by atoms with van der Waals surface area (Å²) in [7, 11) is 1.63. The van der Waals surface area contributed by atoms with Gasteiger partial charge < -0.3 is 19.7 Å². The molecule has 0 aliphatic carbocycles. The Morgan fingerprint density at radius 2 is 1.84 bits per heavy atom. The summed E-state index contributed by atoms with van der Waals surface area (Å²) in [4.78, 5) is 32.6. The van der Waals surface area contributed by atoms with Crippen LogP contribution in [0.3, 0.4) is 0 Å². The van der Waals surface area contributed by atoms with E-state index in [4.69, 9.17) is 0 Å². The van der Waals surface area contributed by atoms with E-state index in [1.807, 2.05) is 13.0 Å². The first-order chi connectivity index (χ1) is 17.8. The number of hydrogen-bond acceptors (Lipinski definition) is 4. The summed E-state index contributed by atoms with van der Waals surface area (Å²) in [5.74, 6) is 0.322. The zero-order valence-electron chi connectivity index (χ0n) is 22.1. The van der Waals surface area contributed by atoms with E-state index < -0.39 is 0 Å². The van der Waals surface area contributed by atoms with Crippen LogP contribution >= 0.6 is 0 Å². The number of halogens is 1. The number of aryl methyl sites for hydroxylation is 1. The number of hydrogen-bond donors (Lipinski definition) is 1. The molecule has 8 heteroatoms. The molecule has 0 spiro atoms. The number of nitrogens with zero attached hydrogens (tertiary/aromatic N) is 4. The van der Waals surface area contributed by atoms with Crippen LogP contribution in [0.2, 0.25) is 0 Å². The van der Waals surface area contributed by atoms with Crippen LogP contribution in [0.4, 0.5) is 10.1 Å². The van der Waals surface area contributed by atoms with Crippen LogP contribution in [0.15, 0.2) is 42.5 Å². The number of anilines is 1. The number of aromatic nitrogens is 2. The number of amides is 2. The van der Waals surface area contributed by atoms with Gasteiger partial charge in [-0.1, -0.05) is 25.1 Å². The Balaban J connectivity index is 1.34. The van der Waals surface area contributed by atoms with Crippen molar-refractivity contribution in [3.05, 3.63) is 59.7 Å². The fourth-order valence-electron chi connectivity index (χ4n) is 6.33. The molecule has 2 bridgehead atoms. The highest BCUT2D eigenvalue weighted by molar-refractivity contribution is 5.84. The van der Waals surface area contributed by atoms with Crippen molar-refractivity contribution in [2.24, 2.45) is 0 Å². The van der Waals surface area contributed by atoms with Crippen LogP contribution < -0.4 is 10.2 Å². The Morgan fingerprint density at radius 3 is 2.51 bits per heavy atom. The summed E-state index contributed by atoms with van der Waals surface area (Å²) < 4.78 is 16.6. The molecule has 2 saturated heterocycles. The maximum Gasteiger partial charge on any atom is 0.240 e. The van der Waals surface area contributed by atoms with Crippen molar-refractivity contribution in [2.45, 2.75) is 77.0 Å². The summed E-state index contributed by atoms with van der Waals surface area (Å²) in [5.41, 5.74) is 3.61. The van der Waals surface area contributed by atoms with Gasteiger partial charge in [0.15, 0.2) is 5.82 Å². The van der Waals surface area contributed by atoms with Gasteiger partial charge in [0.1, 0.15) is 11.3 Å². The van der Waals surface area contributed by atoms with Gasteiger partial charge in [0.05, 0.1) is 18.1 Å². The Hall–Kier alpha value is -3.42. The van der Waals surface area contributed by atoms with Crippen molar-refractivity contribution in [3.63, 3.8) is 0 Å². The first kappa shape index (κ1) is 25.2. The number of imidazole rings is 1. The van der Waals surface area contributed by atoms with E-state index >= 15 is 0 Å². The highest BCUT2D eigenvalue weighted by Gasteiger charge is 2.42. The minimum atomic E-state index is -0.262. The molecule has 3 aromatic rings. The summed E-state index contributed by atoms with van der Waals surface area (Å²) in [6.07, 6.45) is 5.02. The molecule has 5 rings (SSSR count).